The van der Waals surface area contributed by atoms with Crippen LogP contribution in [0.1, 0.15) is 0 Å². The molecule has 1 saturated heterocycles. The largest absolute Gasteiger partial charge is 0.366 e. The van der Waals surface area contributed by atoms with Gasteiger partial charge in [-0.1, -0.05) is 12.2 Å². The van der Waals surface area contributed by atoms with Gasteiger partial charge in [0, 0.05) is 38.6 Å². The summed E-state index contributed by atoms with van der Waals surface area (Å²) in [6.45, 7) is 2.54. The van der Waals surface area contributed by atoms with Gasteiger partial charge in [-0.2, -0.15) is 4.31 Å². The van der Waals surface area contributed by atoms with Crippen LogP contribution in [0.15, 0.2) is 23.4 Å². The summed E-state index contributed by atoms with van der Waals surface area (Å²) in [7, 11) is -1.46. The molecule has 2 heterocycles. The first-order valence-electron chi connectivity index (χ1n) is 5.37. The number of hydrogen-bond acceptors (Lipinski definition) is 4. The minimum absolute atomic E-state index is 0.194. The molecule has 1 aliphatic heterocycles. The first-order chi connectivity index (χ1) is 8.01. The van der Waals surface area contributed by atoms with Crippen molar-refractivity contribution in [1.29, 1.82) is 0 Å². The molecule has 1 aromatic rings. The smallest absolute Gasteiger partial charge is 0.246 e. The van der Waals surface area contributed by atoms with Crippen LogP contribution in [0.3, 0.4) is 0 Å². The van der Waals surface area contributed by atoms with Gasteiger partial charge in [0.2, 0.25) is 10.0 Å². The lowest BCUT2D eigenvalue weighted by Gasteiger charge is -2.31. The fourth-order valence-corrected chi connectivity index (χ4v) is 3.67. The van der Waals surface area contributed by atoms with Crippen LogP contribution in [0.4, 0.5) is 0 Å². The van der Waals surface area contributed by atoms with Crippen molar-refractivity contribution in [2.45, 2.75) is 4.90 Å². The third kappa shape index (κ3) is 2.57. The summed E-state index contributed by atoms with van der Waals surface area (Å²) in [5, 5.41) is 0. The number of piperazine rings is 1. The number of nitrogens with one attached hydrogen (secondary N) is 1. The fraction of sp³-hybridized carbons (Fsp3) is 0.500. The van der Waals surface area contributed by atoms with Crippen LogP contribution in [0.25, 0.3) is 0 Å². The minimum Gasteiger partial charge on any atom is -0.366 e. The number of aromatic amines is 1. The monoisotopic (exact) mass is 273 g/mol. The summed E-state index contributed by atoms with van der Waals surface area (Å²) in [6, 6.07) is 1.60. The molecule has 1 fully saturated rings. The molecule has 1 aromatic heterocycles. The number of nitrogens with zero attached hydrogens (tertiary/aromatic N) is 2. The summed E-state index contributed by atoms with van der Waals surface area (Å²) < 4.78 is 26.5. The first kappa shape index (κ1) is 12.7. The van der Waals surface area contributed by atoms with Crippen molar-refractivity contribution in [2.75, 3.05) is 33.2 Å². The predicted molar refractivity (Wildman–Crippen MR) is 67.9 cm³/mol. The average molecular weight is 273 g/mol. The minimum atomic E-state index is -3.44. The Morgan fingerprint density at radius 2 is 1.94 bits per heavy atom. The maximum Gasteiger partial charge on any atom is 0.246 e. The van der Waals surface area contributed by atoms with E-state index in [4.69, 9.17) is 12.2 Å². The summed E-state index contributed by atoms with van der Waals surface area (Å²) in [6.07, 6.45) is 3.08. The predicted octanol–water partition coefficient (Wildman–Crippen LogP) is 0.680. The van der Waals surface area contributed by atoms with Crippen LogP contribution in [0, 0.1) is 4.51 Å². The van der Waals surface area contributed by atoms with E-state index in [9.17, 15) is 8.42 Å². The molecule has 0 atom stereocenters. The molecule has 17 heavy (non-hydrogen) atoms. The molecular weight excluding hydrogens is 258 g/mol. The molecule has 0 radical (unpaired) electrons. The molecule has 0 aromatic carbocycles. The summed E-state index contributed by atoms with van der Waals surface area (Å²) in [4.78, 5) is 5.08. The standard InChI is InChI=1S/C10H15N3O2S2/c1-12-4-6-13(7-5-12)17(14,15)10-8-11-3-2-9(10)16/h2-3,8H,4-7H2,1H3,(H,11,16). The lowest BCUT2D eigenvalue weighted by Crippen LogP contribution is -2.47. The zero-order valence-corrected chi connectivity index (χ0v) is 11.2. The molecular formula is C10H15N3O2S2. The van der Waals surface area contributed by atoms with Crippen molar-refractivity contribution >= 4 is 22.2 Å². The van der Waals surface area contributed by atoms with Gasteiger partial charge in [-0.15, -0.1) is 0 Å². The normalized spacial score (nSPS) is 19.4. The number of pyridine rings is 1. The quantitative estimate of drug-likeness (QED) is 0.805. The van der Waals surface area contributed by atoms with E-state index in [1.165, 1.54) is 10.5 Å². The number of H-pyrrole nitrogens is 1. The maximum absolute atomic E-state index is 12.3. The second-order valence-corrected chi connectivity index (χ2v) is 6.43. The van der Waals surface area contributed by atoms with E-state index < -0.39 is 10.0 Å². The van der Waals surface area contributed by atoms with Crippen LogP contribution in [-0.2, 0) is 10.0 Å². The van der Waals surface area contributed by atoms with Crippen molar-refractivity contribution in [3.05, 3.63) is 23.0 Å². The van der Waals surface area contributed by atoms with Gasteiger partial charge in [-0.25, -0.2) is 8.42 Å². The van der Waals surface area contributed by atoms with Crippen LogP contribution in [-0.4, -0.2) is 55.8 Å². The third-order valence-corrected chi connectivity index (χ3v) is 5.29. The van der Waals surface area contributed by atoms with Crippen molar-refractivity contribution < 1.29 is 8.42 Å². The Labute approximate surface area is 106 Å². The molecule has 7 heteroatoms. The summed E-state index contributed by atoms with van der Waals surface area (Å²) >= 11 is 5.06. The van der Waals surface area contributed by atoms with Crippen molar-refractivity contribution in [3.63, 3.8) is 0 Å². The molecule has 0 spiro atoms. The highest BCUT2D eigenvalue weighted by molar-refractivity contribution is 7.89. The van der Waals surface area contributed by atoms with Gasteiger partial charge in [0.1, 0.15) is 4.90 Å². The summed E-state index contributed by atoms with van der Waals surface area (Å²) in [5.74, 6) is 0. The Morgan fingerprint density at radius 1 is 1.29 bits per heavy atom. The molecule has 1 aliphatic rings. The van der Waals surface area contributed by atoms with E-state index in [-0.39, 0.29) is 4.90 Å². The van der Waals surface area contributed by atoms with E-state index in [0.717, 1.165) is 13.1 Å². The Balaban J connectivity index is 2.32. The lowest BCUT2D eigenvalue weighted by molar-refractivity contribution is 0.222. The van der Waals surface area contributed by atoms with E-state index >= 15 is 0 Å². The molecule has 0 aliphatic carbocycles. The molecule has 5 nitrogen and oxygen atoms in total. The van der Waals surface area contributed by atoms with Gasteiger partial charge < -0.3 is 9.88 Å². The van der Waals surface area contributed by atoms with Crippen molar-refractivity contribution in [2.24, 2.45) is 0 Å². The molecule has 0 bridgehead atoms. The van der Waals surface area contributed by atoms with Crippen LogP contribution < -0.4 is 0 Å². The van der Waals surface area contributed by atoms with Crippen LogP contribution in [0.2, 0.25) is 0 Å². The second kappa shape index (κ2) is 4.85. The van der Waals surface area contributed by atoms with E-state index in [1.807, 2.05) is 7.05 Å². The zero-order chi connectivity index (χ0) is 12.5. The molecule has 0 saturated carbocycles. The third-order valence-electron chi connectivity index (χ3n) is 2.87. The van der Waals surface area contributed by atoms with Crippen molar-refractivity contribution in [1.82, 2.24) is 14.2 Å². The van der Waals surface area contributed by atoms with Gasteiger partial charge in [-0.05, 0) is 13.1 Å². The highest BCUT2D eigenvalue weighted by atomic mass is 32.2. The highest BCUT2D eigenvalue weighted by Crippen LogP contribution is 2.17. The Morgan fingerprint density at radius 3 is 2.53 bits per heavy atom. The number of sulfonamides is 1. The number of aromatic nitrogens is 1. The van der Waals surface area contributed by atoms with Crippen LogP contribution >= 0.6 is 12.2 Å². The van der Waals surface area contributed by atoms with E-state index in [0.29, 0.717) is 17.6 Å². The van der Waals surface area contributed by atoms with Crippen molar-refractivity contribution in [3.8, 4) is 0 Å². The van der Waals surface area contributed by atoms with Gasteiger partial charge in [0.05, 0.1) is 4.51 Å². The molecule has 1 N–H and O–H groups in total. The number of hydrogen-bond donors (Lipinski definition) is 1. The van der Waals surface area contributed by atoms with Gasteiger partial charge in [0.15, 0.2) is 0 Å². The molecule has 0 amide bonds. The van der Waals surface area contributed by atoms with Gasteiger partial charge >= 0.3 is 0 Å². The SMILES string of the molecule is CN1CCN(S(=O)(=O)c2c[nH]ccc2=S)CC1. The highest BCUT2D eigenvalue weighted by Gasteiger charge is 2.28. The molecule has 0 unspecified atom stereocenters. The fourth-order valence-electron chi connectivity index (χ4n) is 1.77. The Bertz CT molecular complexity index is 545. The lowest BCUT2D eigenvalue weighted by atomic mass is 10.4. The van der Waals surface area contributed by atoms with Crippen LogP contribution in [0.5, 0.6) is 0 Å². The number of rotatable bonds is 2. The van der Waals surface area contributed by atoms with E-state index in [1.54, 1.807) is 12.3 Å². The zero-order valence-electron chi connectivity index (χ0n) is 9.59. The Hall–Kier alpha value is -0.760. The van der Waals surface area contributed by atoms with Gasteiger partial charge in [0.25, 0.3) is 0 Å². The van der Waals surface area contributed by atoms with E-state index in [2.05, 4.69) is 9.88 Å². The molecule has 2 rings (SSSR count). The first-order valence-corrected chi connectivity index (χ1v) is 7.22. The number of likely N-dealkylation sites (N-methyl/N-ethyl adjacent to an activating group) is 1. The topological polar surface area (TPSA) is 56.4 Å². The Kier molecular flexibility index (Phi) is 3.62. The summed E-state index contributed by atoms with van der Waals surface area (Å²) in [5.41, 5.74) is 0. The second-order valence-electron chi connectivity index (χ2n) is 4.08. The van der Waals surface area contributed by atoms with Gasteiger partial charge in [-0.3, -0.25) is 0 Å². The molecule has 94 valence electrons. The average Bonchev–Trinajstić information content (AvgIpc) is 2.30. The maximum atomic E-state index is 12.3.